The minimum absolute atomic E-state index is 0.00108. The highest BCUT2D eigenvalue weighted by molar-refractivity contribution is 5.94. The number of ether oxygens (including phenoxy) is 6. The number of aliphatic hydroxyl groups excluding tert-OH is 2. The van der Waals surface area contributed by atoms with Crippen LogP contribution < -0.4 is 5.32 Å². The van der Waals surface area contributed by atoms with Gasteiger partial charge in [-0.25, -0.2) is 14.4 Å². The standard InChI is InChI=1S/C44H55NO14/c1-23-27(56-38(51)33(48)31(25-16-12-10-13-17-25)45-39(52)59-40(3,4)5)21-44(53)36(57-37(50)26-18-14-11-15-19-26)34-42(8,35(49)32(47)30(23)41(44,6)7)28(54-9)20-29-43(34,22-55-29)58-24(2)46/h10-19,27-29,31-34,36,47-48,53H,20-22H2,1-9H3,(H,45,52)/t27-,28-,29+,31-,32+,33+,34-,36-,42+,43-,44?/m0/s1. The molecule has 4 aliphatic rings. The molecule has 1 saturated heterocycles. The molecule has 59 heavy (non-hydrogen) atoms. The first kappa shape index (κ1) is 43.9. The maximum atomic E-state index is 15.2. The summed E-state index contributed by atoms with van der Waals surface area (Å²) in [7, 11) is 1.39. The third-order valence-electron chi connectivity index (χ3n) is 12.8. The van der Waals surface area contributed by atoms with E-state index in [1.807, 2.05) is 0 Å². The van der Waals surface area contributed by atoms with Crippen molar-refractivity contribution >= 4 is 29.8 Å². The Morgan fingerprint density at radius 1 is 0.966 bits per heavy atom. The van der Waals surface area contributed by atoms with Crippen LogP contribution in [0.5, 0.6) is 0 Å². The fourth-order valence-corrected chi connectivity index (χ4v) is 9.88. The zero-order chi connectivity index (χ0) is 43.5. The lowest BCUT2D eigenvalue weighted by Gasteiger charge is -2.67. The second kappa shape index (κ2) is 15.7. The minimum Gasteiger partial charge on any atom is -0.456 e. The van der Waals surface area contributed by atoms with Gasteiger partial charge in [0.1, 0.15) is 35.6 Å². The van der Waals surface area contributed by atoms with Gasteiger partial charge < -0.3 is 49.1 Å². The predicted molar refractivity (Wildman–Crippen MR) is 208 cm³/mol. The van der Waals surface area contributed by atoms with Gasteiger partial charge in [-0.1, -0.05) is 62.4 Å². The Hall–Kier alpha value is -4.67. The zero-order valence-corrected chi connectivity index (χ0v) is 34.8. The third kappa shape index (κ3) is 7.45. The van der Waals surface area contributed by atoms with Crippen molar-refractivity contribution in [2.75, 3.05) is 13.7 Å². The van der Waals surface area contributed by atoms with Crippen LogP contribution in [-0.2, 0) is 42.8 Å². The number of aliphatic hydroxyl groups is 3. The van der Waals surface area contributed by atoms with E-state index in [4.69, 9.17) is 28.4 Å². The zero-order valence-electron chi connectivity index (χ0n) is 34.8. The first-order valence-corrected chi connectivity index (χ1v) is 19.7. The van der Waals surface area contributed by atoms with Crippen LogP contribution in [0.15, 0.2) is 71.8 Å². The van der Waals surface area contributed by atoms with Crippen LogP contribution in [-0.4, -0.2) is 112 Å². The summed E-state index contributed by atoms with van der Waals surface area (Å²) in [5, 5.41) is 40.1. The van der Waals surface area contributed by atoms with Crippen LogP contribution in [0.1, 0.15) is 90.2 Å². The van der Waals surface area contributed by atoms with Gasteiger partial charge in [0.15, 0.2) is 17.5 Å². The van der Waals surface area contributed by atoms with E-state index >= 15 is 4.79 Å². The van der Waals surface area contributed by atoms with E-state index in [1.165, 1.54) is 26.2 Å². The average molecular weight is 822 g/mol. The number of esters is 3. The van der Waals surface area contributed by atoms with Gasteiger partial charge in [0.2, 0.25) is 0 Å². The molecule has 4 N–H and O–H groups in total. The Balaban J connectivity index is 1.50. The van der Waals surface area contributed by atoms with E-state index in [2.05, 4.69) is 5.32 Å². The summed E-state index contributed by atoms with van der Waals surface area (Å²) in [6.07, 6.45) is -10.3. The fourth-order valence-electron chi connectivity index (χ4n) is 9.88. The number of Topliss-reactive ketones (excluding diaryl/α,β-unsaturated/α-hetero) is 1. The summed E-state index contributed by atoms with van der Waals surface area (Å²) in [6.45, 7) is 12.2. The molecule has 2 saturated carbocycles. The van der Waals surface area contributed by atoms with E-state index in [-0.39, 0.29) is 29.7 Å². The molecule has 3 aliphatic carbocycles. The van der Waals surface area contributed by atoms with Crippen molar-refractivity contribution in [3.05, 3.63) is 82.9 Å². The Labute approximate surface area is 343 Å². The topological polar surface area (TPSA) is 213 Å². The molecule has 1 heterocycles. The van der Waals surface area contributed by atoms with Gasteiger partial charge in [0.05, 0.1) is 35.6 Å². The summed E-state index contributed by atoms with van der Waals surface area (Å²) in [6, 6.07) is 14.8. The first-order chi connectivity index (χ1) is 27.5. The maximum Gasteiger partial charge on any atom is 0.408 e. The van der Waals surface area contributed by atoms with Gasteiger partial charge in [-0.05, 0) is 63.5 Å². The lowest BCUT2D eigenvalue weighted by Crippen LogP contribution is -2.82. The molecule has 15 heteroatoms. The second-order valence-electron chi connectivity index (χ2n) is 17.8. The van der Waals surface area contributed by atoms with E-state index in [0.717, 1.165) is 0 Å². The summed E-state index contributed by atoms with van der Waals surface area (Å²) in [5.41, 5.74) is -7.57. The summed E-state index contributed by atoms with van der Waals surface area (Å²) in [5.74, 6) is -4.98. The Bertz CT molecular complexity index is 1990. The fraction of sp³-hybridized carbons (Fsp3) is 0.568. The van der Waals surface area contributed by atoms with E-state index in [9.17, 15) is 34.5 Å². The molecule has 0 spiro atoms. The number of methoxy groups -OCH3 is 1. The van der Waals surface area contributed by atoms with Gasteiger partial charge >= 0.3 is 24.0 Å². The van der Waals surface area contributed by atoms with Gasteiger partial charge in [-0.2, -0.15) is 0 Å². The number of fused-ring (bicyclic) bond motifs is 5. The SMILES string of the molecule is CO[C@H]1C[C@H]2OC[C@@]2(OC(C)=O)[C@H]2[C@H](OC(=O)c3ccccc3)C3(O)C[C@H](OC(=O)[C@H](O)[C@@H](NC(=O)OC(C)(C)C)c4ccccc4)C(C)=C([C@@H](O)C(=O)[C@]12C)C3(C)C. The molecule has 1 amide bonds. The molecule has 2 aromatic rings. The van der Waals surface area contributed by atoms with Crippen LogP contribution in [0.3, 0.4) is 0 Å². The summed E-state index contributed by atoms with van der Waals surface area (Å²) >= 11 is 0. The lowest BCUT2D eigenvalue weighted by atomic mass is 9.44. The Morgan fingerprint density at radius 2 is 1.58 bits per heavy atom. The summed E-state index contributed by atoms with van der Waals surface area (Å²) in [4.78, 5) is 69.4. The number of alkyl carbamates (subject to hydrolysis) is 1. The predicted octanol–water partition coefficient (Wildman–Crippen LogP) is 3.91. The molecule has 0 aromatic heterocycles. The van der Waals surface area contributed by atoms with Crippen molar-refractivity contribution in [1.82, 2.24) is 5.32 Å². The normalized spacial score (nSPS) is 33.3. The quantitative estimate of drug-likeness (QED) is 0.161. The van der Waals surface area contributed by atoms with Crippen molar-refractivity contribution in [2.24, 2.45) is 16.7 Å². The molecule has 3 fully saturated rings. The van der Waals surface area contributed by atoms with E-state index in [1.54, 1.807) is 97.0 Å². The molecule has 1 unspecified atom stereocenters. The molecule has 0 radical (unpaired) electrons. The van der Waals surface area contributed by atoms with E-state index in [0.29, 0.717) is 5.56 Å². The van der Waals surface area contributed by atoms with E-state index < -0.39 is 112 Å². The third-order valence-corrected chi connectivity index (χ3v) is 12.8. The van der Waals surface area contributed by atoms with Gasteiger partial charge in [-0.3, -0.25) is 9.59 Å². The van der Waals surface area contributed by atoms with Gasteiger partial charge in [-0.15, -0.1) is 0 Å². The highest BCUT2D eigenvalue weighted by Gasteiger charge is 2.78. The second-order valence-corrected chi connectivity index (χ2v) is 17.8. The molecule has 6 rings (SSSR count). The molecule has 1 aliphatic heterocycles. The van der Waals surface area contributed by atoms with Crippen molar-refractivity contribution in [1.29, 1.82) is 0 Å². The number of hydrogen-bond acceptors (Lipinski definition) is 14. The molecule has 15 nitrogen and oxygen atoms in total. The van der Waals surface area contributed by atoms with Crippen LogP contribution >= 0.6 is 0 Å². The van der Waals surface area contributed by atoms with Crippen molar-refractivity contribution < 1.29 is 67.7 Å². The number of benzene rings is 2. The maximum absolute atomic E-state index is 15.2. The molecular weight excluding hydrogens is 766 g/mol. The number of rotatable bonds is 9. The number of carbonyl (C=O) groups excluding carboxylic acids is 5. The van der Waals surface area contributed by atoms with Crippen LogP contribution in [0.2, 0.25) is 0 Å². The van der Waals surface area contributed by atoms with Gasteiger partial charge in [0, 0.05) is 32.3 Å². The van der Waals surface area contributed by atoms with Crippen molar-refractivity contribution in [3.63, 3.8) is 0 Å². The number of carbonyl (C=O) groups is 5. The molecule has 2 bridgehead atoms. The largest absolute Gasteiger partial charge is 0.456 e. The van der Waals surface area contributed by atoms with Gasteiger partial charge in [0.25, 0.3) is 0 Å². The molecule has 320 valence electrons. The smallest absolute Gasteiger partial charge is 0.408 e. The van der Waals surface area contributed by atoms with Crippen molar-refractivity contribution in [2.45, 2.75) is 128 Å². The Kier molecular flexibility index (Phi) is 11.7. The number of hydrogen-bond donors (Lipinski definition) is 4. The Morgan fingerprint density at radius 3 is 2.12 bits per heavy atom. The minimum atomic E-state index is -2.30. The lowest BCUT2D eigenvalue weighted by molar-refractivity contribution is -0.347. The molecular formula is C44H55NO14. The molecule has 2 aromatic carbocycles. The van der Waals surface area contributed by atoms with Crippen LogP contribution in [0, 0.1) is 16.7 Å². The average Bonchev–Trinajstić information content (AvgIpc) is 3.16. The number of ketones is 1. The monoisotopic (exact) mass is 821 g/mol. The first-order valence-electron chi connectivity index (χ1n) is 19.7. The number of nitrogens with one attached hydrogen (secondary N) is 1. The highest BCUT2D eigenvalue weighted by atomic mass is 16.6. The van der Waals surface area contributed by atoms with Crippen LogP contribution in [0.4, 0.5) is 4.79 Å². The summed E-state index contributed by atoms with van der Waals surface area (Å²) < 4.78 is 35.9. The van der Waals surface area contributed by atoms with Crippen LogP contribution in [0.25, 0.3) is 0 Å². The molecule has 11 atom stereocenters. The highest BCUT2D eigenvalue weighted by Crippen LogP contribution is 2.64. The van der Waals surface area contributed by atoms with Crippen molar-refractivity contribution in [3.8, 4) is 0 Å². The number of amides is 1.